The summed E-state index contributed by atoms with van der Waals surface area (Å²) in [6.45, 7) is 8.18. The van der Waals surface area contributed by atoms with Crippen molar-refractivity contribution in [1.82, 2.24) is 0 Å². The first-order valence-electron chi connectivity index (χ1n) is 7.24. The normalized spacial score (nSPS) is 14.4. The number of methoxy groups -OCH3 is 1. The van der Waals surface area contributed by atoms with E-state index in [1.807, 2.05) is 13.8 Å². The molecule has 0 rings (SSSR count). The van der Waals surface area contributed by atoms with Crippen LogP contribution < -0.4 is 0 Å². The highest BCUT2D eigenvalue weighted by Gasteiger charge is 2.11. The predicted molar refractivity (Wildman–Crippen MR) is 75.7 cm³/mol. The van der Waals surface area contributed by atoms with E-state index in [4.69, 9.17) is 23.7 Å². The Bertz CT molecular complexity index is 191. The van der Waals surface area contributed by atoms with Crippen molar-refractivity contribution in [3.63, 3.8) is 0 Å². The van der Waals surface area contributed by atoms with Crippen LogP contribution in [-0.2, 0) is 23.7 Å². The molecule has 0 saturated heterocycles. The number of aliphatic hydroxyl groups is 1. The number of ether oxygens (including phenoxy) is 5. The zero-order valence-electron chi connectivity index (χ0n) is 13.0. The molecule has 122 valence electrons. The smallest absolute Gasteiger partial charge is 0.157 e. The van der Waals surface area contributed by atoms with Gasteiger partial charge < -0.3 is 28.8 Å². The molecule has 2 unspecified atom stereocenters. The van der Waals surface area contributed by atoms with E-state index in [1.165, 1.54) is 0 Å². The lowest BCUT2D eigenvalue weighted by molar-refractivity contribution is -0.141. The molecule has 0 heterocycles. The minimum absolute atomic E-state index is 0.149. The fourth-order valence-electron chi connectivity index (χ4n) is 1.28. The average molecular weight is 294 g/mol. The Hall–Kier alpha value is -0.240. The van der Waals surface area contributed by atoms with Crippen LogP contribution in [0.5, 0.6) is 0 Å². The fourth-order valence-corrected chi connectivity index (χ4v) is 1.28. The summed E-state index contributed by atoms with van der Waals surface area (Å²) in [5, 5.41) is 9.55. The second-order valence-electron chi connectivity index (χ2n) is 4.48. The van der Waals surface area contributed by atoms with Gasteiger partial charge in [0.1, 0.15) is 0 Å². The van der Waals surface area contributed by atoms with Gasteiger partial charge in [0, 0.05) is 13.0 Å². The van der Waals surface area contributed by atoms with E-state index in [1.54, 1.807) is 7.11 Å². The molecule has 0 radical (unpaired) electrons. The van der Waals surface area contributed by atoms with Crippen molar-refractivity contribution in [2.45, 2.75) is 26.6 Å². The van der Waals surface area contributed by atoms with E-state index < -0.39 is 6.29 Å². The summed E-state index contributed by atoms with van der Waals surface area (Å²) in [6, 6.07) is 0. The number of hydrogen-bond acceptors (Lipinski definition) is 6. The summed E-state index contributed by atoms with van der Waals surface area (Å²) in [5.74, 6) is 0.149. The van der Waals surface area contributed by atoms with E-state index in [0.717, 1.165) is 6.42 Å². The second-order valence-corrected chi connectivity index (χ2v) is 4.48. The van der Waals surface area contributed by atoms with E-state index in [2.05, 4.69) is 0 Å². The zero-order valence-corrected chi connectivity index (χ0v) is 13.0. The van der Waals surface area contributed by atoms with Crippen molar-refractivity contribution < 1.29 is 28.8 Å². The summed E-state index contributed by atoms with van der Waals surface area (Å²) in [5.41, 5.74) is 0. The average Bonchev–Trinajstić information content (AvgIpc) is 2.47. The fraction of sp³-hybridized carbons (Fsp3) is 1.00. The van der Waals surface area contributed by atoms with Gasteiger partial charge in [-0.25, -0.2) is 0 Å². The standard InChI is InChI=1S/C14H30O6/c1-4-13(2)14(15)20-12-11-19-10-9-18-8-7-17-6-5-16-3/h13-15H,4-12H2,1-3H3. The third-order valence-electron chi connectivity index (χ3n) is 2.82. The molecule has 1 N–H and O–H groups in total. The Kier molecular flexibility index (Phi) is 15.0. The lowest BCUT2D eigenvalue weighted by Crippen LogP contribution is -2.23. The molecule has 0 aromatic heterocycles. The molecular weight excluding hydrogens is 264 g/mol. The van der Waals surface area contributed by atoms with E-state index >= 15 is 0 Å². The highest BCUT2D eigenvalue weighted by Crippen LogP contribution is 2.07. The lowest BCUT2D eigenvalue weighted by Gasteiger charge is -2.17. The molecule has 0 bridgehead atoms. The van der Waals surface area contributed by atoms with Crippen LogP contribution in [0.3, 0.4) is 0 Å². The van der Waals surface area contributed by atoms with E-state index in [-0.39, 0.29) is 5.92 Å². The van der Waals surface area contributed by atoms with Crippen molar-refractivity contribution >= 4 is 0 Å². The monoisotopic (exact) mass is 294 g/mol. The van der Waals surface area contributed by atoms with Crippen molar-refractivity contribution in [3.05, 3.63) is 0 Å². The Morgan fingerprint density at radius 3 is 1.70 bits per heavy atom. The summed E-state index contributed by atoms with van der Waals surface area (Å²) >= 11 is 0. The molecule has 0 saturated carbocycles. The van der Waals surface area contributed by atoms with Crippen LogP contribution in [0.25, 0.3) is 0 Å². The van der Waals surface area contributed by atoms with Gasteiger partial charge in [-0.15, -0.1) is 0 Å². The Morgan fingerprint density at radius 2 is 1.25 bits per heavy atom. The van der Waals surface area contributed by atoms with Crippen molar-refractivity contribution in [2.24, 2.45) is 5.92 Å². The van der Waals surface area contributed by atoms with E-state index in [0.29, 0.717) is 52.9 Å². The lowest BCUT2D eigenvalue weighted by atomic mass is 10.1. The van der Waals surface area contributed by atoms with Gasteiger partial charge in [0.25, 0.3) is 0 Å². The van der Waals surface area contributed by atoms with Crippen LogP contribution in [0.4, 0.5) is 0 Å². The number of rotatable bonds is 15. The SMILES string of the molecule is CCC(C)C(O)OCCOCCOCCOCCOC. The topological polar surface area (TPSA) is 66.4 Å². The third-order valence-corrected chi connectivity index (χ3v) is 2.82. The van der Waals surface area contributed by atoms with Crippen LogP contribution in [0, 0.1) is 5.92 Å². The first-order chi connectivity index (χ1) is 9.72. The predicted octanol–water partition coefficient (Wildman–Crippen LogP) is 1.06. The van der Waals surface area contributed by atoms with Gasteiger partial charge in [-0.2, -0.15) is 0 Å². The quantitative estimate of drug-likeness (QED) is 0.360. The number of aliphatic hydroxyl groups excluding tert-OH is 1. The largest absolute Gasteiger partial charge is 0.382 e. The summed E-state index contributed by atoms with van der Waals surface area (Å²) in [6.07, 6.45) is 0.187. The Labute approximate surface area is 122 Å². The zero-order chi connectivity index (χ0) is 15.1. The van der Waals surface area contributed by atoms with Crippen LogP contribution in [0.2, 0.25) is 0 Å². The van der Waals surface area contributed by atoms with Crippen molar-refractivity contribution in [1.29, 1.82) is 0 Å². The van der Waals surface area contributed by atoms with Gasteiger partial charge >= 0.3 is 0 Å². The first kappa shape index (κ1) is 19.8. The molecule has 0 amide bonds. The molecule has 2 atom stereocenters. The van der Waals surface area contributed by atoms with Crippen LogP contribution in [0.15, 0.2) is 0 Å². The second kappa shape index (κ2) is 15.2. The molecule has 0 aliphatic carbocycles. The first-order valence-corrected chi connectivity index (χ1v) is 7.24. The number of hydrogen-bond donors (Lipinski definition) is 1. The maximum atomic E-state index is 9.55. The minimum Gasteiger partial charge on any atom is -0.382 e. The molecule has 0 aromatic rings. The maximum Gasteiger partial charge on any atom is 0.157 e. The van der Waals surface area contributed by atoms with E-state index in [9.17, 15) is 5.11 Å². The van der Waals surface area contributed by atoms with Crippen molar-refractivity contribution in [2.75, 3.05) is 60.0 Å². The van der Waals surface area contributed by atoms with Gasteiger partial charge in [-0.1, -0.05) is 13.8 Å². The van der Waals surface area contributed by atoms with Gasteiger partial charge in [-0.05, 0) is 6.42 Å². The molecule has 6 heteroatoms. The summed E-state index contributed by atoms with van der Waals surface area (Å²) < 4.78 is 26.0. The maximum absolute atomic E-state index is 9.55. The highest BCUT2D eigenvalue weighted by atomic mass is 16.6. The molecule has 20 heavy (non-hydrogen) atoms. The van der Waals surface area contributed by atoms with Crippen LogP contribution >= 0.6 is 0 Å². The Morgan fingerprint density at radius 1 is 0.800 bits per heavy atom. The van der Waals surface area contributed by atoms with Gasteiger partial charge in [0.05, 0.1) is 52.9 Å². The molecule has 0 aliphatic heterocycles. The molecule has 6 nitrogen and oxygen atoms in total. The third kappa shape index (κ3) is 12.8. The Balaban J connectivity index is 3.10. The van der Waals surface area contributed by atoms with Crippen molar-refractivity contribution in [3.8, 4) is 0 Å². The van der Waals surface area contributed by atoms with Crippen LogP contribution in [0.1, 0.15) is 20.3 Å². The van der Waals surface area contributed by atoms with Gasteiger partial charge in [-0.3, -0.25) is 0 Å². The van der Waals surface area contributed by atoms with Gasteiger partial charge in [0.2, 0.25) is 0 Å². The summed E-state index contributed by atoms with van der Waals surface area (Å²) in [7, 11) is 1.64. The molecule has 0 spiro atoms. The van der Waals surface area contributed by atoms with Crippen LogP contribution in [-0.4, -0.2) is 71.4 Å². The minimum atomic E-state index is -0.705. The highest BCUT2D eigenvalue weighted by molar-refractivity contribution is 4.51. The summed E-state index contributed by atoms with van der Waals surface area (Å²) in [4.78, 5) is 0. The molecule has 0 aliphatic rings. The molecular formula is C14H30O6. The molecule has 0 fully saturated rings. The van der Waals surface area contributed by atoms with Gasteiger partial charge in [0.15, 0.2) is 6.29 Å². The molecule has 0 aromatic carbocycles.